The van der Waals surface area contributed by atoms with Crippen molar-refractivity contribution in [3.8, 4) is 5.69 Å². The molecule has 0 saturated carbocycles. The van der Waals surface area contributed by atoms with Crippen LogP contribution in [-0.4, -0.2) is 21.0 Å². The Balaban J connectivity index is 2.38. The summed E-state index contributed by atoms with van der Waals surface area (Å²) in [4.78, 5) is 16.7. The van der Waals surface area contributed by atoms with Crippen LogP contribution in [0.4, 0.5) is 10.2 Å². The van der Waals surface area contributed by atoms with Crippen molar-refractivity contribution in [3.05, 3.63) is 21.1 Å². The number of hydrogen-bond donors (Lipinski definition) is 1. The quantitative estimate of drug-likeness (QED) is 0.880. The second-order valence-corrected chi connectivity index (χ2v) is 7.90. The Bertz CT molecular complexity index is 657. The fourth-order valence-electron chi connectivity index (χ4n) is 1.83. The summed E-state index contributed by atoms with van der Waals surface area (Å²) in [6, 6.07) is 0. The van der Waals surface area contributed by atoms with E-state index in [4.69, 9.17) is 5.73 Å². The molecule has 0 unspecified atom stereocenters. The van der Waals surface area contributed by atoms with Gasteiger partial charge >= 0.3 is 5.69 Å². The highest BCUT2D eigenvalue weighted by Gasteiger charge is 2.22. The third kappa shape index (κ3) is 2.98. The van der Waals surface area contributed by atoms with Crippen molar-refractivity contribution in [2.24, 2.45) is 0 Å². The molecule has 0 aliphatic carbocycles. The van der Waals surface area contributed by atoms with Crippen LogP contribution in [0.5, 0.6) is 0 Å². The largest absolute Gasteiger partial charge is 0.382 e. The minimum Gasteiger partial charge on any atom is -0.382 e. The van der Waals surface area contributed by atoms with Crippen molar-refractivity contribution in [2.75, 3.05) is 11.5 Å². The van der Waals surface area contributed by atoms with Crippen molar-refractivity contribution in [1.82, 2.24) is 9.55 Å². The maximum absolute atomic E-state index is 13.5. The van der Waals surface area contributed by atoms with Gasteiger partial charge in [0, 0.05) is 16.3 Å². The Kier molecular flexibility index (Phi) is 4.11. The predicted molar refractivity (Wildman–Crippen MR) is 83.3 cm³/mol. The molecule has 0 bridgehead atoms. The number of thioether (sulfide) groups is 1. The Morgan fingerprint density at radius 3 is 2.70 bits per heavy atom. The van der Waals surface area contributed by atoms with Crippen LogP contribution in [-0.2, 0) is 0 Å². The number of nitrogen functional groups attached to an aromatic ring is 1. The van der Waals surface area contributed by atoms with Crippen LogP contribution < -0.4 is 11.4 Å². The average molecular weight is 315 g/mol. The van der Waals surface area contributed by atoms with Crippen molar-refractivity contribution < 1.29 is 4.39 Å². The molecule has 0 aromatic rings. The molecule has 0 aromatic heterocycles. The molecule has 0 aromatic carbocycles. The lowest BCUT2D eigenvalue weighted by Crippen LogP contribution is -2.17. The molecule has 2 rings (SSSR count). The number of aryl methyl sites for hydroxylation is 1. The van der Waals surface area contributed by atoms with Gasteiger partial charge in [-0.25, -0.2) is 9.18 Å². The van der Waals surface area contributed by atoms with Crippen molar-refractivity contribution in [1.29, 1.82) is 0 Å². The molecular formula is C13H18FN3OS2. The third-order valence-electron chi connectivity index (χ3n) is 3.09. The Morgan fingerprint density at radius 2 is 2.10 bits per heavy atom. The van der Waals surface area contributed by atoms with E-state index in [1.807, 2.05) is 13.8 Å². The van der Waals surface area contributed by atoms with Crippen LogP contribution in [0.1, 0.15) is 30.8 Å². The second kappa shape index (κ2) is 5.37. The van der Waals surface area contributed by atoms with E-state index in [2.05, 4.69) is 4.98 Å². The Labute approximate surface area is 125 Å². The molecule has 0 spiro atoms. The molecule has 7 heteroatoms. The molecule has 2 heterocycles. The third-order valence-corrected chi connectivity index (χ3v) is 5.54. The normalized spacial score (nSPS) is 12.2. The van der Waals surface area contributed by atoms with Crippen LogP contribution in [0.2, 0.25) is 0 Å². The smallest absolute Gasteiger partial charge is 0.354 e. The molecule has 4 nitrogen and oxygen atoms in total. The first-order valence-electron chi connectivity index (χ1n) is 6.30. The zero-order valence-corrected chi connectivity index (χ0v) is 13.6. The van der Waals surface area contributed by atoms with Gasteiger partial charge in [0.2, 0.25) is 0 Å². The van der Waals surface area contributed by atoms with E-state index in [1.165, 1.54) is 11.8 Å². The van der Waals surface area contributed by atoms with Gasteiger partial charge < -0.3 is 5.73 Å². The Hall–Kier alpha value is -1.08. The molecule has 2 aliphatic rings. The molecule has 110 valence electrons. The molecule has 0 amide bonds. The SMILES string of the molecule is Cc1sc(SCCC(C)(C)F)c2c(N)nc(=O)n-2c1C. The monoisotopic (exact) mass is 315 g/mol. The number of nitrogens with two attached hydrogens (primary N) is 1. The van der Waals surface area contributed by atoms with E-state index in [1.54, 1.807) is 29.8 Å². The van der Waals surface area contributed by atoms with Gasteiger partial charge in [-0.15, -0.1) is 23.1 Å². The fourth-order valence-corrected chi connectivity index (χ4v) is 4.60. The van der Waals surface area contributed by atoms with E-state index in [0.29, 0.717) is 17.9 Å². The lowest BCUT2D eigenvalue weighted by atomic mass is 10.1. The number of fused-ring (bicyclic) bond motifs is 1. The summed E-state index contributed by atoms with van der Waals surface area (Å²) in [7, 11) is 0. The average Bonchev–Trinajstić information content (AvgIpc) is 2.59. The number of halogens is 1. The molecule has 2 aliphatic heterocycles. The molecular weight excluding hydrogens is 297 g/mol. The van der Waals surface area contributed by atoms with Gasteiger partial charge in [-0.1, -0.05) is 0 Å². The number of anilines is 1. The topological polar surface area (TPSA) is 60.9 Å². The number of imidazole rings is 1. The maximum Gasteiger partial charge on any atom is 0.354 e. The van der Waals surface area contributed by atoms with E-state index < -0.39 is 5.67 Å². The van der Waals surface area contributed by atoms with Gasteiger partial charge in [-0.05, 0) is 34.1 Å². The fraction of sp³-hybridized carbons (Fsp3) is 0.538. The molecule has 0 radical (unpaired) electrons. The Morgan fingerprint density at radius 1 is 1.45 bits per heavy atom. The van der Waals surface area contributed by atoms with Gasteiger partial charge in [0.25, 0.3) is 0 Å². The zero-order chi connectivity index (χ0) is 15.1. The van der Waals surface area contributed by atoms with Gasteiger partial charge in [-0.2, -0.15) is 4.98 Å². The predicted octanol–water partition coefficient (Wildman–Crippen LogP) is 3.16. The maximum atomic E-state index is 13.5. The number of rotatable bonds is 4. The van der Waals surface area contributed by atoms with E-state index in [0.717, 1.165) is 14.8 Å². The minimum absolute atomic E-state index is 0.247. The zero-order valence-electron chi connectivity index (χ0n) is 12.0. The summed E-state index contributed by atoms with van der Waals surface area (Å²) in [6.45, 7) is 6.96. The van der Waals surface area contributed by atoms with E-state index in [9.17, 15) is 9.18 Å². The standard InChI is InChI=1S/C13H18FN3OS2/c1-7-8(2)20-11(19-6-5-13(3,4)14)9-10(15)16-12(18)17(7)9/h5-6H2,1-4H3,(H2,15,16,18). The highest BCUT2D eigenvalue weighted by Crippen LogP contribution is 2.37. The summed E-state index contributed by atoms with van der Waals surface area (Å²) in [5.41, 5.74) is 5.81. The first-order valence-corrected chi connectivity index (χ1v) is 8.11. The second-order valence-electron chi connectivity index (χ2n) is 5.31. The first-order chi connectivity index (χ1) is 9.20. The number of aromatic nitrogens is 2. The van der Waals surface area contributed by atoms with Crippen LogP contribution in [0.25, 0.3) is 5.69 Å². The van der Waals surface area contributed by atoms with Crippen molar-refractivity contribution in [3.63, 3.8) is 0 Å². The van der Waals surface area contributed by atoms with Crippen molar-refractivity contribution >= 4 is 28.9 Å². The summed E-state index contributed by atoms with van der Waals surface area (Å²) in [5.74, 6) is 0.883. The highest BCUT2D eigenvalue weighted by molar-refractivity contribution is 8.01. The summed E-state index contributed by atoms with van der Waals surface area (Å²) < 4.78 is 16.0. The van der Waals surface area contributed by atoms with Gasteiger partial charge in [0.15, 0.2) is 5.82 Å². The van der Waals surface area contributed by atoms with Crippen LogP contribution >= 0.6 is 23.1 Å². The van der Waals surface area contributed by atoms with Gasteiger partial charge in [0.1, 0.15) is 11.4 Å². The van der Waals surface area contributed by atoms with Crippen LogP contribution in [0, 0.1) is 13.8 Å². The molecule has 0 fully saturated rings. The van der Waals surface area contributed by atoms with Crippen molar-refractivity contribution in [2.45, 2.75) is 44.0 Å². The molecule has 0 saturated heterocycles. The van der Waals surface area contributed by atoms with Crippen LogP contribution in [0.15, 0.2) is 9.00 Å². The van der Waals surface area contributed by atoms with E-state index >= 15 is 0 Å². The number of hydrogen-bond acceptors (Lipinski definition) is 5. The van der Waals surface area contributed by atoms with Gasteiger partial charge in [-0.3, -0.25) is 4.57 Å². The highest BCUT2D eigenvalue weighted by atomic mass is 32.2. The molecule has 2 N–H and O–H groups in total. The molecule has 20 heavy (non-hydrogen) atoms. The molecule has 0 atom stereocenters. The van der Waals surface area contributed by atoms with Crippen LogP contribution in [0.3, 0.4) is 0 Å². The number of alkyl halides is 1. The summed E-state index contributed by atoms with van der Waals surface area (Å²) >= 11 is 3.10. The number of nitrogens with zero attached hydrogens (tertiary/aromatic N) is 2. The summed E-state index contributed by atoms with van der Waals surface area (Å²) in [6.07, 6.45) is 0.446. The lowest BCUT2D eigenvalue weighted by molar-refractivity contribution is 0.212. The van der Waals surface area contributed by atoms with E-state index in [-0.39, 0.29) is 11.5 Å². The minimum atomic E-state index is -1.19. The first kappa shape index (κ1) is 15.3. The lowest BCUT2D eigenvalue weighted by Gasteiger charge is -2.16. The van der Waals surface area contributed by atoms with Gasteiger partial charge in [0.05, 0.1) is 4.21 Å². The summed E-state index contributed by atoms with van der Waals surface area (Å²) in [5, 5.41) is 0.